The van der Waals surface area contributed by atoms with Crippen molar-refractivity contribution in [3.63, 3.8) is 0 Å². The summed E-state index contributed by atoms with van der Waals surface area (Å²) >= 11 is 5.80. The largest absolute Gasteiger partial charge is 0.400 e. The first-order valence-corrected chi connectivity index (χ1v) is 6.72. The van der Waals surface area contributed by atoms with Gasteiger partial charge in [-0.1, -0.05) is 65.7 Å². The van der Waals surface area contributed by atoms with Crippen LogP contribution in [0.2, 0.25) is 0 Å². The summed E-state index contributed by atoms with van der Waals surface area (Å²) in [5.74, 6) is 0. The molecule has 2 heteroatoms. The summed E-state index contributed by atoms with van der Waals surface area (Å²) in [4.78, 5) is 0. The van der Waals surface area contributed by atoms with Crippen molar-refractivity contribution in [3.05, 3.63) is 70.3 Å². The summed E-state index contributed by atoms with van der Waals surface area (Å²) in [6, 6.07) is 8.64. The molecule has 1 aromatic rings. The van der Waals surface area contributed by atoms with Crippen LogP contribution in [0.5, 0.6) is 0 Å². The molecule has 0 aliphatic heterocycles. The maximum atomic E-state index is 7.00. The second-order valence-electron chi connectivity index (χ2n) is 4.70. The third kappa shape index (κ3) is 5.46. The van der Waals surface area contributed by atoms with E-state index in [9.17, 15) is 0 Å². The van der Waals surface area contributed by atoms with Crippen molar-refractivity contribution < 1.29 is 5.11 Å². The first-order valence-electron chi connectivity index (χ1n) is 6.34. The minimum Gasteiger partial charge on any atom is -0.400 e. The van der Waals surface area contributed by atoms with Crippen molar-refractivity contribution in [2.45, 2.75) is 26.2 Å². The fourth-order valence-electron chi connectivity index (χ4n) is 2.12. The Morgan fingerprint density at radius 1 is 1.16 bits per heavy atom. The van der Waals surface area contributed by atoms with Crippen molar-refractivity contribution >= 4 is 11.6 Å². The van der Waals surface area contributed by atoms with Gasteiger partial charge >= 0.3 is 0 Å². The van der Waals surface area contributed by atoms with Gasteiger partial charge in [-0.3, -0.25) is 0 Å². The van der Waals surface area contributed by atoms with Crippen LogP contribution >= 0.6 is 11.6 Å². The van der Waals surface area contributed by atoms with E-state index < -0.39 is 0 Å². The standard InChI is InChI=1S/C16H17Cl.CH4O/c1-12-3-4-16(9-12)11-15-7-5-14(6-8-15)10-13(2)17;1-2/h3-8H,2,9-11H2,1H3;2H,1H3. The maximum absolute atomic E-state index is 7.00. The van der Waals surface area contributed by atoms with Crippen LogP contribution in [0.1, 0.15) is 24.5 Å². The zero-order valence-electron chi connectivity index (χ0n) is 11.6. The fourth-order valence-corrected chi connectivity index (χ4v) is 2.27. The lowest BCUT2D eigenvalue weighted by Gasteiger charge is -2.05. The third-order valence-corrected chi connectivity index (χ3v) is 3.09. The lowest BCUT2D eigenvalue weighted by Crippen LogP contribution is -1.90. The highest BCUT2D eigenvalue weighted by Gasteiger charge is 2.05. The van der Waals surface area contributed by atoms with Gasteiger partial charge in [0.15, 0.2) is 0 Å². The van der Waals surface area contributed by atoms with Gasteiger partial charge in [-0.25, -0.2) is 0 Å². The van der Waals surface area contributed by atoms with E-state index in [0.29, 0.717) is 5.03 Å². The Morgan fingerprint density at radius 3 is 2.21 bits per heavy atom. The second-order valence-corrected chi connectivity index (χ2v) is 5.24. The van der Waals surface area contributed by atoms with E-state index in [1.54, 1.807) is 0 Å². The zero-order valence-corrected chi connectivity index (χ0v) is 12.4. The SMILES string of the molecule is C=C(Cl)Cc1ccc(CC2=CC=C(C)C2)cc1.CO. The number of allylic oxidation sites excluding steroid dienone is 5. The van der Waals surface area contributed by atoms with Crippen LogP contribution in [0.15, 0.2) is 59.2 Å². The molecular weight excluding hydrogens is 256 g/mol. The molecule has 0 atom stereocenters. The highest BCUT2D eigenvalue weighted by atomic mass is 35.5. The summed E-state index contributed by atoms with van der Waals surface area (Å²) in [5, 5.41) is 7.69. The van der Waals surface area contributed by atoms with E-state index in [4.69, 9.17) is 16.7 Å². The van der Waals surface area contributed by atoms with Crippen LogP contribution in [-0.2, 0) is 12.8 Å². The average Bonchev–Trinajstić information content (AvgIpc) is 2.79. The minimum absolute atomic E-state index is 0.691. The molecule has 0 aromatic heterocycles. The molecule has 2 rings (SSSR count). The summed E-state index contributed by atoms with van der Waals surface area (Å²) in [7, 11) is 1.00. The van der Waals surface area contributed by atoms with Crippen molar-refractivity contribution in [1.82, 2.24) is 0 Å². The Morgan fingerprint density at radius 2 is 1.74 bits per heavy atom. The molecule has 1 aromatic carbocycles. The second kappa shape index (κ2) is 7.98. The fraction of sp³-hybridized carbons (Fsp3) is 0.294. The van der Waals surface area contributed by atoms with Gasteiger partial charge in [0.25, 0.3) is 0 Å². The van der Waals surface area contributed by atoms with E-state index in [1.165, 1.54) is 22.3 Å². The number of halogens is 1. The molecule has 1 nitrogen and oxygen atoms in total. The Labute approximate surface area is 120 Å². The quantitative estimate of drug-likeness (QED) is 0.864. The molecule has 1 aliphatic rings. The number of aliphatic hydroxyl groups is 1. The predicted molar refractivity (Wildman–Crippen MR) is 83.4 cm³/mol. The molecule has 0 spiro atoms. The molecule has 0 radical (unpaired) electrons. The summed E-state index contributed by atoms with van der Waals surface area (Å²) in [5.41, 5.74) is 5.54. The first-order chi connectivity index (χ1) is 9.13. The highest BCUT2D eigenvalue weighted by molar-refractivity contribution is 6.29. The topological polar surface area (TPSA) is 20.2 Å². The molecule has 0 saturated heterocycles. The van der Waals surface area contributed by atoms with Gasteiger partial charge in [0.2, 0.25) is 0 Å². The van der Waals surface area contributed by atoms with E-state index in [1.807, 2.05) is 0 Å². The van der Waals surface area contributed by atoms with Crippen LogP contribution in [0.3, 0.4) is 0 Å². The van der Waals surface area contributed by atoms with Crippen LogP contribution in [0.4, 0.5) is 0 Å². The first kappa shape index (κ1) is 15.7. The number of rotatable bonds is 4. The van der Waals surface area contributed by atoms with E-state index in [2.05, 4.69) is 49.9 Å². The Balaban J connectivity index is 0.000000861. The zero-order chi connectivity index (χ0) is 14.3. The average molecular weight is 277 g/mol. The molecule has 0 fully saturated rings. The van der Waals surface area contributed by atoms with Crippen LogP contribution in [0.25, 0.3) is 0 Å². The molecule has 0 bridgehead atoms. The number of aliphatic hydroxyl groups excluding tert-OH is 1. The van der Waals surface area contributed by atoms with Crippen molar-refractivity contribution in [1.29, 1.82) is 0 Å². The van der Waals surface area contributed by atoms with Crippen LogP contribution < -0.4 is 0 Å². The lowest BCUT2D eigenvalue weighted by atomic mass is 10.0. The van der Waals surface area contributed by atoms with Gasteiger partial charge in [0.05, 0.1) is 0 Å². The van der Waals surface area contributed by atoms with E-state index in [-0.39, 0.29) is 0 Å². The normalized spacial score (nSPS) is 13.3. The Bertz CT molecular complexity index is 480. The van der Waals surface area contributed by atoms with Gasteiger partial charge in [0.1, 0.15) is 0 Å². The monoisotopic (exact) mass is 276 g/mol. The van der Waals surface area contributed by atoms with Crippen molar-refractivity contribution in [3.8, 4) is 0 Å². The van der Waals surface area contributed by atoms with Gasteiger partial charge in [0, 0.05) is 18.6 Å². The van der Waals surface area contributed by atoms with Gasteiger partial charge < -0.3 is 5.11 Å². The molecule has 0 saturated carbocycles. The van der Waals surface area contributed by atoms with Gasteiger partial charge in [-0.15, -0.1) is 0 Å². The molecule has 0 unspecified atom stereocenters. The van der Waals surface area contributed by atoms with Crippen LogP contribution in [-0.4, -0.2) is 12.2 Å². The number of benzene rings is 1. The van der Waals surface area contributed by atoms with Crippen molar-refractivity contribution in [2.75, 3.05) is 7.11 Å². The third-order valence-electron chi connectivity index (χ3n) is 2.96. The van der Waals surface area contributed by atoms with E-state index in [0.717, 1.165) is 26.4 Å². The molecule has 1 aliphatic carbocycles. The summed E-state index contributed by atoms with van der Waals surface area (Å²) in [6.07, 6.45) is 7.38. The molecule has 0 amide bonds. The minimum atomic E-state index is 0.691. The highest BCUT2D eigenvalue weighted by Crippen LogP contribution is 2.22. The smallest absolute Gasteiger partial charge is 0.0319 e. The maximum Gasteiger partial charge on any atom is 0.0319 e. The van der Waals surface area contributed by atoms with E-state index >= 15 is 0 Å². The lowest BCUT2D eigenvalue weighted by molar-refractivity contribution is 0.399. The predicted octanol–water partition coefficient (Wildman–Crippen LogP) is 4.41. The Kier molecular flexibility index (Phi) is 6.61. The van der Waals surface area contributed by atoms with Gasteiger partial charge in [-0.05, 0) is 30.9 Å². The molecule has 0 heterocycles. The molecular formula is C17H21ClO. The number of hydrogen-bond donors (Lipinski definition) is 1. The molecule has 102 valence electrons. The summed E-state index contributed by atoms with van der Waals surface area (Å²) in [6.45, 7) is 5.89. The summed E-state index contributed by atoms with van der Waals surface area (Å²) < 4.78 is 0. The Hall–Kier alpha value is -1.31. The van der Waals surface area contributed by atoms with Gasteiger partial charge in [-0.2, -0.15) is 0 Å². The van der Waals surface area contributed by atoms with Crippen molar-refractivity contribution in [2.24, 2.45) is 0 Å². The molecule has 19 heavy (non-hydrogen) atoms. The van der Waals surface area contributed by atoms with Crippen LogP contribution in [0, 0.1) is 0 Å². The number of hydrogen-bond acceptors (Lipinski definition) is 1. The molecule has 1 N–H and O–H groups in total.